The highest BCUT2D eigenvalue weighted by Crippen LogP contribution is 2.25. The maximum atomic E-state index is 12.2. The van der Waals surface area contributed by atoms with Crippen LogP contribution in [0.3, 0.4) is 0 Å². The van der Waals surface area contributed by atoms with Crippen molar-refractivity contribution >= 4 is 35.0 Å². The summed E-state index contributed by atoms with van der Waals surface area (Å²) in [5, 5.41) is 7.07. The summed E-state index contributed by atoms with van der Waals surface area (Å²) in [6.45, 7) is 0. The van der Waals surface area contributed by atoms with Gasteiger partial charge >= 0.3 is 0 Å². The highest BCUT2D eigenvalue weighted by Gasteiger charge is 2.15. The Bertz CT molecular complexity index is 987. The SMILES string of the molecule is COc1ccc(-c2cc(C(=O)NNC(=O)c3cccc(Cl)c3Cl)[nH]n2)cc1. The summed E-state index contributed by atoms with van der Waals surface area (Å²) in [6.07, 6.45) is 0. The number of H-pyrrole nitrogens is 1. The molecule has 27 heavy (non-hydrogen) atoms. The molecule has 0 radical (unpaired) electrons. The largest absolute Gasteiger partial charge is 0.497 e. The monoisotopic (exact) mass is 404 g/mol. The van der Waals surface area contributed by atoms with Crippen LogP contribution in [0.1, 0.15) is 20.8 Å². The van der Waals surface area contributed by atoms with Crippen LogP contribution >= 0.6 is 23.2 Å². The molecule has 0 aliphatic rings. The van der Waals surface area contributed by atoms with Crippen LogP contribution in [0.5, 0.6) is 5.75 Å². The van der Waals surface area contributed by atoms with E-state index in [1.54, 1.807) is 37.4 Å². The number of halogens is 2. The Kier molecular flexibility index (Phi) is 5.63. The van der Waals surface area contributed by atoms with Gasteiger partial charge in [-0.3, -0.25) is 25.5 Å². The molecule has 0 saturated carbocycles. The molecule has 2 amide bonds. The minimum absolute atomic E-state index is 0.106. The molecule has 3 aromatic rings. The highest BCUT2D eigenvalue weighted by molar-refractivity contribution is 6.43. The van der Waals surface area contributed by atoms with Crippen molar-refractivity contribution in [1.82, 2.24) is 21.0 Å². The fraction of sp³-hybridized carbons (Fsp3) is 0.0556. The number of benzene rings is 2. The molecule has 1 heterocycles. The molecule has 2 aromatic carbocycles. The Balaban J connectivity index is 1.65. The number of methoxy groups -OCH3 is 1. The molecule has 1 aromatic heterocycles. The smallest absolute Gasteiger partial charge is 0.287 e. The molecular formula is C18H14Cl2N4O3. The molecule has 3 N–H and O–H groups in total. The van der Waals surface area contributed by atoms with Crippen LogP contribution in [-0.4, -0.2) is 29.1 Å². The molecule has 0 bridgehead atoms. The molecule has 0 aliphatic heterocycles. The van der Waals surface area contributed by atoms with Crippen molar-refractivity contribution in [3.05, 3.63) is 69.8 Å². The van der Waals surface area contributed by atoms with Gasteiger partial charge < -0.3 is 4.74 Å². The molecule has 138 valence electrons. The standard InChI is InChI=1S/C18H14Cl2N4O3/c1-27-11-7-5-10(6-8-11)14-9-15(22-21-14)18(26)24-23-17(25)12-3-2-4-13(19)16(12)20/h2-9H,1H3,(H,21,22)(H,23,25)(H,24,26). The van der Waals surface area contributed by atoms with Gasteiger partial charge in [-0.25, -0.2) is 0 Å². The van der Waals surface area contributed by atoms with Crippen LogP contribution in [0.4, 0.5) is 0 Å². The number of carbonyl (C=O) groups excluding carboxylic acids is 2. The Morgan fingerprint density at radius 3 is 2.44 bits per heavy atom. The van der Waals surface area contributed by atoms with Gasteiger partial charge in [0.05, 0.1) is 28.4 Å². The van der Waals surface area contributed by atoms with E-state index in [9.17, 15) is 9.59 Å². The second kappa shape index (κ2) is 8.11. The highest BCUT2D eigenvalue weighted by atomic mass is 35.5. The van der Waals surface area contributed by atoms with Gasteiger partial charge in [-0.15, -0.1) is 0 Å². The Labute approximate surface area is 164 Å². The van der Waals surface area contributed by atoms with Crippen molar-refractivity contribution < 1.29 is 14.3 Å². The number of nitrogens with one attached hydrogen (secondary N) is 3. The summed E-state index contributed by atoms with van der Waals surface area (Å²) >= 11 is 11.9. The van der Waals surface area contributed by atoms with E-state index in [4.69, 9.17) is 27.9 Å². The van der Waals surface area contributed by atoms with Crippen molar-refractivity contribution in [1.29, 1.82) is 0 Å². The minimum atomic E-state index is -0.592. The van der Waals surface area contributed by atoms with Crippen LogP contribution in [0.2, 0.25) is 10.0 Å². The van der Waals surface area contributed by atoms with Crippen LogP contribution in [0.15, 0.2) is 48.5 Å². The number of hydrogen-bond donors (Lipinski definition) is 3. The number of ether oxygens (including phenoxy) is 1. The fourth-order valence-corrected chi connectivity index (χ4v) is 2.66. The van der Waals surface area contributed by atoms with Crippen molar-refractivity contribution in [2.24, 2.45) is 0 Å². The molecular weight excluding hydrogens is 391 g/mol. The third-order valence-corrected chi connectivity index (χ3v) is 4.51. The molecule has 0 unspecified atom stereocenters. The molecule has 0 fully saturated rings. The molecule has 7 nitrogen and oxygen atoms in total. The third kappa shape index (κ3) is 4.21. The summed E-state index contributed by atoms with van der Waals surface area (Å²) < 4.78 is 5.10. The zero-order valence-electron chi connectivity index (χ0n) is 14.0. The van der Waals surface area contributed by atoms with Crippen LogP contribution in [0.25, 0.3) is 11.3 Å². The maximum absolute atomic E-state index is 12.2. The average Bonchev–Trinajstić information content (AvgIpc) is 3.18. The lowest BCUT2D eigenvalue weighted by Crippen LogP contribution is -2.41. The summed E-state index contributed by atoms with van der Waals surface area (Å²) in [6, 6.07) is 13.4. The molecule has 0 aliphatic carbocycles. The zero-order valence-corrected chi connectivity index (χ0v) is 15.6. The summed E-state index contributed by atoms with van der Waals surface area (Å²) in [7, 11) is 1.58. The van der Waals surface area contributed by atoms with Gasteiger partial charge in [0.2, 0.25) is 0 Å². The molecule has 0 saturated heterocycles. The van der Waals surface area contributed by atoms with Crippen molar-refractivity contribution in [2.75, 3.05) is 7.11 Å². The number of nitrogens with zero attached hydrogens (tertiary/aromatic N) is 1. The van der Waals surface area contributed by atoms with Gasteiger partial charge in [0.25, 0.3) is 11.8 Å². The van der Waals surface area contributed by atoms with Crippen LogP contribution < -0.4 is 15.6 Å². The Morgan fingerprint density at radius 2 is 1.74 bits per heavy atom. The van der Waals surface area contributed by atoms with E-state index in [0.717, 1.165) is 11.3 Å². The van der Waals surface area contributed by atoms with E-state index in [1.807, 2.05) is 12.1 Å². The van der Waals surface area contributed by atoms with E-state index in [0.29, 0.717) is 5.69 Å². The van der Waals surface area contributed by atoms with Gasteiger partial charge in [0, 0.05) is 5.56 Å². The minimum Gasteiger partial charge on any atom is -0.497 e. The van der Waals surface area contributed by atoms with Gasteiger partial charge in [-0.2, -0.15) is 5.10 Å². The summed E-state index contributed by atoms with van der Waals surface area (Å²) in [4.78, 5) is 24.3. The second-order valence-corrected chi connectivity index (χ2v) is 6.19. The van der Waals surface area contributed by atoms with E-state index >= 15 is 0 Å². The number of hydrazine groups is 1. The normalized spacial score (nSPS) is 10.3. The number of rotatable bonds is 4. The lowest BCUT2D eigenvalue weighted by molar-refractivity contribution is 0.0844. The van der Waals surface area contributed by atoms with Crippen molar-refractivity contribution in [3.8, 4) is 17.0 Å². The first-order valence-corrected chi connectivity index (χ1v) is 8.49. The first-order valence-electron chi connectivity index (χ1n) is 7.74. The number of amides is 2. The summed E-state index contributed by atoms with van der Waals surface area (Å²) in [5.41, 5.74) is 6.29. The quantitative estimate of drug-likeness (QED) is 0.580. The predicted octanol–water partition coefficient (Wildman–Crippen LogP) is 3.47. The molecule has 3 rings (SSSR count). The van der Waals surface area contributed by atoms with E-state index in [1.165, 1.54) is 6.07 Å². The Hall–Kier alpha value is -3.03. The van der Waals surface area contributed by atoms with E-state index < -0.39 is 11.8 Å². The van der Waals surface area contributed by atoms with E-state index in [2.05, 4.69) is 21.0 Å². The van der Waals surface area contributed by atoms with Gasteiger partial charge in [0.15, 0.2) is 0 Å². The predicted molar refractivity (Wildman–Crippen MR) is 102 cm³/mol. The molecule has 0 atom stereocenters. The lowest BCUT2D eigenvalue weighted by atomic mass is 10.1. The lowest BCUT2D eigenvalue weighted by Gasteiger charge is -2.08. The molecule has 9 heteroatoms. The molecule has 0 spiro atoms. The number of carbonyl (C=O) groups is 2. The Morgan fingerprint density at radius 1 is 1.04 bits per heavy atom. The van der Waals surface area contributed by atoms with Crippen LogP contribution in [0, 0.1) is 0 Å². The maximum Gasteiger partial charge on any atom is 0.287 e. The number of aromatic nitrogens is 2. The fourth-order valence-electron chi connectivity index (χ4n) is 2.28. The number of hydrogen-bond acceptors (Lipinski definition) is 4. The van der Waals surface area contributed by atoms with Gasteiger partial charge in [-0.05, 0) is 42.5 Å². The first-order chi connectivity index (χ1) is 13.0. The zero-order chi connectivity index (χ0) is 19.4. The third-order valence-electron chi connectivity index (χ3n) is 3.69. The van der Waals surface area contributed by atoms with Gasteiger partial charge in [0.1, 0.15) is 11.4 Å². The van der Waals surface area contributed by atoms with Crippen molar-refractivity contribution in [3.63, 3.8) is 0 Å². The van der Waals surface area contributed by atoms with Crippen molar-refractivity contribution in [2.45, 2.75) is 0 Å². The van der Waals surface area contributed by atoms with E-state index in [-0.39, 0.29) is 21.3 Å². The average molecular weight is 405 g/mol. The first kappa shape index (κ1) is 18.8. The second-order valence-electron chi connectivity index (χ2n) is 5.40. The van der Waals surface area contributed by atoms with Crippen LogP contribution in [-0.2, 0) is 0 Å². The van der Waals surface area contributed by atoms with Gasteiger partial charge in [-0.1, -0.05) is 29.3 Å². The number of aromatic amines is 1. The summed E-state index contributed by atoms with van der Waals surface area (Å²) in [5.74, 6) is -0.436. The topological polar surface area (TPSA) is 96.1 Å².